The maximum absolute atomic E-state index is 12.0. The SMILES string of the molecule is CNc1nnc(C(=O)Nc2cccc(Br)c2C)s1. The van der Waals surface area contributed by atoms with Crippen molar-refractivity contribution in [2.24, 2.45) is 0 Å². The third-order valence-corrected chi connectivity index (χ3v) is 4.15. The highest BCUT2D eigenvalue weighted by Gasteiger charge is 2.13. The second kappa shape index (κ2) is 5.45. The molecule has 0 aliphatic heterocycles. The molecule has 2 aromatic rings. The van der Waals surface area contributed by atoms with Crippen molar-refractivity contribution in [1.29, 1.82) is 0 Å². The minimum atomic E-state index is -0.254. The summed E-state index contributed by atoms with van der Waals surface area (Å²) < 4.78 is 0.952. The molecule has 2 N–H and O–H groups in total. The Kier molecular flexibility index (Phi) is 3.93. The highest BCUT2D eigenvalue weighted by Crippen LogP contribution is 2.24. The number of nitrogens with zero attached hydrogens (tertiary/aromatic N) is 2. The first-order valence-electron chi connectivity index (χ1n) is 5.19. The maximum Gasteiger partial charge on any atom is 0.286 e. The normalized spacial score (nSPS) is 10.2. The third kappa shape index (κ3) is 2.68. The Labute approximate surface area is 117 Å². The molecule has 18 heavy (non-hydrogen) atoms. The van der Waals surface area contributed by atoms with Crippen molar-refractivity contribution in [2.45, 2.75) is 6.92 Å². The molecule has 0 fully saturated rings. The summed E-state index contributed by atoms with van der Waals surface area (Å²) in [6.07, 6.45) is 0. The van der Waals surface area contributed by atoms with Crippen LogP contribution in [0.15, 0.2) is 22.7 Å². The lowest BCUT2D eigenvalue weighted by Crippen LogP contribution is -2.12. The molecule has 1 amide bonds. The van der Waals surface area contributed by atoms with Crippen molar-refractivity contribution in [3.63, 3.8) is 0 Å². The fraction of sp³-hybridized carbons (Fsp3) is 0.182. The largest absolute Gasteiger partial charge is 0.363 e. The summed E-state index contributed by atoms with van der Waals surface area (Å²) in [5.74, 6) is -0.254. The number of carbonyl (C=O) groups is 1. The summed E-state index contributed by atoms with van der Waals surface area (Å²) in [4.78, 5) is 12.0. The number of amides is 1. The second-order valence-electron chi connectivity index (χ2n) is 3.53. The number of aromatic nitrogens is 2. The number of benzene rings is 1. The lowest BCUT2D eigenvalue weighted by molar-refractivity contribution is 0.102. The van der Waals surface area contributed by atoms with Gasteiger partial charge in [-0.3, -0.25) is 4.79 Å². The van der Waals surface area contributed by atoms with Crippen molar-refractivity contribution < 1.29 is 4.79 Å². The van der Waals surface area contributed by atoms with Gasteiger partial charge in [-0.15, -0.1) is 10.2 Å². The standard InChI is InChI=1S/C11H11BrN4OS/c1-6-7(12)4-3-5-8(6)14-9(17)10-15-16-11(13-2)18-10/h3-5H,1-2H3,(H,13,16)(H,14,17). The van der Waals surface area contributed by atoms with Crippen molar-refractivity contribution in [2.75, 3.05) is 17.7 Å². The van der Waals surface area contributed by atoms with Crippen molar-refractivity contribution in [3.8, 4) is 0 Å². The Hall–Kier alpha value is -1.47. The molecule has 1 heterocycles. The van der Waals surface area contributed by atoms with E-state index in [-0.39, 0.29) is 5.91 Å². The van der Waals surface area contributed by atoms with E-state index in [9.17, 15) is 4.79 Å². The molecule has 0 unspecified atom stereocenters. The Balaban J connectivity index is 2.18. The Bertz CT molecular complexity index is 584. The number of rotatable bonds is 3. The Morgan fingerprint density at radius 3 is 2.83 bits per heavy atom. The van der Waals surface area contributed by atoms with E-state index in [1.54, 1.807) is 7.05 Å². The first-order chi connectivity index (χ1) is 8.61. The van der Waals surface area contributed by atoms with Gasteiger partial charge in [0.2, 0.25) is 10.1 Å². The number of halogens is 1. The van der Waals surface area contributed by atoms with E-state index >= 15 is 0 Å². The van der Waals surface area contributed by atoms with Crippen LogP contribution in [0.5, 0.6) is 0 Å². The lowest BCUT2D eigenvalue weighted by Gasteiger charge is -2.07. The summed E-state index contributed by atoms with van der Waals surface area (Å²) in [6.45, 7) is 1.93. The van der Waals surface area contributed by atoms with Gasteiger partial charge >= 0.3 is 0 Å². The number of nitrogens with one attached hydrogen (secondary N) is 2. The summed E-state index contributed by atoms with van der Waals surface area (Å²) in [7, 11) is 1.74. The molecule has 0 aliphatic rings. The molecule has 94 valence electrons. The topological polar surface area (TPSA) is 66.9 Å². The second-order valence-corrected chi connectivity index (χ2v) is 5.36. The highest BCUT2D eigenvalue weighted by atomic mass is 79.9. The number of hydrogen-bond acceptors (Lipinski definition) is 5. The van der Waals surface area contributed by atoms with Gasteiger partial charge in [0.05, 0.1) is 0 Å². The van der Waals surface area contributed by atoms with Gasteiger partial charge in [-0.1, -0.05) is 33.3 Å². The molecular weight excluding hydrogens is 316 g/mol. The molecule has 1 aromatic carbocycles. The van der Waals surface area contributed by atoms with Crippen LogP contribution in [0.25, 0.3) is 0 Å². The number of hydrogen-bond donors (Lipinski definition) is 2. The van der Waals surface area contributed by atoms with Gasteiger partial charge < -0.3 is 10.6 Å². The fourth-order valence-corrected chi connectivity index (χ4v) is 2.29. The molecule has 2 rings (SSSR count). The zero-order valence-corrected chi connectivity index (χ0v) is 12.2. The van der Waals surface area contributed by atoms with Crippen LogP contribution in [-0.2, 0) is 0 Å². The van der Waals surface area contributed by atoms with E-state index in [1.165, 1.54) is 11.3 Å². The summed E-state index contributed by atoms with van der Waals surface area (Å²) >= 11 is 4.63. The monoisotopic (exact) mass is 326 g/mol. The van der Waals surface area contributed by atoms with Crippen LogP contribution in [0.1, 0.15) is 15.4 Å². The average molecular weight is 327 g/mol. The van der Waals surface area contributed by atoms with E-state index in [0.29, 0.717) is 10.1 Å². The van der Waals surface area contributed by atoms with Gasteiger partial charge in [0.25, 0.3) is 5.91 Å². The maximum atomic E-state index is 12.0. The van der Waals surface area contributed by atoms with Crippen LogP contribution in [0, 0.1) is 6.92 Å². The quantitative estimate of drug-likeness (QED) is 0.910. The minimum Gasteiger partial charge on any atom is -0.363 e. The predicted molar refractivity (Wildman–Crippen MR) is 76.3 cm³/mol. The molecule has 7 heteroatoms. The lowest BCUT2D eigenvalue weighted by atomic mass is 10.2. The van der Waals surface area contributed by atoms with Gasteiger partial charge in [0.15, 0.2) is 0 Å². The van der Waals surface area contributed by atoms with Crippen LogP contribution < -0.4 is 10.6 Å². The highest BCUT2D eigenvalue weighted by molar-refractivity contribution is 9.10. The summed E-state index contributed by atoms with van der Waals surface area (Å²) in [5, 5.41) is 14.3. The molecular formula is C11H11BrN4OS. The van der Waals surface area contributed by atoms with Crippen LogP contribution in [0.3, 0.4) is 0 Å². The average Bonchev–Trinajstić information content (AvgIpc) is 2.83. The molecule has 0 saturated heterocycles. The van der Waals surface area contributed by atoms with E-state index < -0.39 is 0 Å². The van der Waals surface area contributed by atoms with Crippen LogP contribution in [0.4, 0.5) is 10.8 Å². The predicted octanol–water partition coefficient (Wildman–Crippen LogP) is 2.90. The molecule has 1 aromatic heterocycles. The first-order valence-corrected chi connectivity index (χ1v) is 6.80. The van der Waals surface area contributed by atoms with E-state index in [4.69, 9.17) is 0 Å². The molecule has 5 nitrogen and oxygen atoms in total. The van der Waals surface area contributed by atoms with Crippen LogP contribution >= 0.6 is 27.3 Å². The fourth-order valence-electron chi connectivity index (χ4n) is 1.33. The van der Waals surface area contributed by atoms with Crippen LogP contribution in [0.2, 0.25) is 0 Å². The van der Waals surface area contributed by atoms with Crippen molar-refractivity contribution in [1.82, 2.24) is 10.2 Å². The molecule has 0 bridgehead atoms. The van der Waals surface area contributed by atoms with Crippen molar-refractivity contribution >= 4 is 44.0 Å². The van der Waals surface area contributed by atoms with E-state index in [2.05, 4.69) is 36.8 Å². The van der Waals surface area contributed by atoms with Crippen molar-refractivity contribution in [3.05, 3.63) is 33.2 Å². The first kappa shape index (κ1) is 13.0. The van der Waals surface area contributed by atoms with Gasteiger partial charge in [0, 0.05) is 17.2 Å². The molecule has 0 saturated carbocycles. The van der Waals surface area contributed by atoms with E-state index in [0.717, 1.165) is 15.7 Å². The number of carbonyl (C=O) groups excluding carboxylic acids is 1. The molecule has 0 spiro atoms. The minimum absolute atomic E-state index is 0.254. The van der Waals surface area contributed by atoms with Gasteiger partial charge in [-0.05, 0) is 24.6 Å². The molecule has 0 aliphatic carbocycles. The van der Waals surface area contributed by atoms with Gasteiger partial charge in [-0.25, -0.2) is 0 Å². The smallest absolute Gasteiger partial charge is 0.286 e. The number of anilines is 2. The zero-order valence-electron chi connectivity index (χ0n) is 9.82. The van der Waals surface area contributed by atoms with Gasteiger partial charge in [-0.2, -0.15) is 0 Å². The Morgan fingerprint density at radius 2 is 2.17 bits per heavy atom. The molecule has 0 radical (unpaired) electrons. The Morgan fingerprint density at radius 1 is 1.39 bits per heavy atom. The summed E-state index contributed by atoms with van der Waals surface area (Å²) in [6, 6.07) is 5.64. The van der Waals surface area contributed by atoms with Crippen LogP contribution in [-0.4, -0.2) is 23.2 Å². The third-order valence-electron chi connectivity index (χ3n) is 2.35. The zero-order chi connectivity index (χ0) is 13.1. The van der Waals surface area contributed by atoms with E-state index in [1.807, 2.05) is 25.1 Å². The van der Waals surface area contributed by atoms with Gasteiger partial charge in [0.1, 0.15) is 0 Å². The molecule has 0 atom stereocenters. The summed E-state index contributed by atoms with van der Waals surface area (Å²) in [5.41, 5.74) is 1.74.